The molecule has 3 amide bonds. The van der Waals surface area contributed by atoms with Gasteiger partial charge in [0, 0.05) is 23.5 Å². The first-order chi connectivity index (χ1) is 14.2. The molecule has 0 aliphatic rings. The van der Waals surface area contributed by atoms with E-state index in [1.807, 2.05) is 68.7 Å². The van der Waals surface area contributed by atoms with Gasteiger partial charge in [0.05, 0.1) is 11.4 Å². The third kappa shape index (κ3) is 5.44. The fourth-order valence-corrected chi connectivity index (χ4v) is 3.49. The van der Waals surface area contributed by atoms with Crippen molar-refractivity contribution in [1.29, 1.82) is 0 Å². The first kappa shape index (κ1) is 21.5. The minimum atomic E-state index is -0.524. The molecule has 0 bridgehead atoms. The highest BCUT2D eigenvalue weighted by atomic mass is 32.2. The lowest BCUT2D eigenvalue weighted by molar-refractivity contribution is -0.117. The largest absolute Gasteiger partial charge is 0.333 e. The van der Waals surface area contributed by atoms with Crippen molar-refractivity contribution in [3.63, 3.8) is 0 Å². The number of carbonyl (C=O) groups excluding carboxylic acids is 2. The molecule has 0 aliphatic carbocycles. The number of nitrogens with one attached hydrogen (secondary N) is 2. The van der Waals surface area contributed by atoms with Gasteiger partial charge in [-0.3, -0.25) is 19.7 Å². The average Bonchev–Trinajstić information content (AvgIpc) is 3.09. The number of para-hydroxylation sites is 1. The molecule has 0 atom stereocenters. The zero-order valence-electron chi connectivity index (χ0n) is 17.3. The summed E-state index contributed by atoms with van der Waals surface area (Å²) in [5, 5.41) is 14.2. The Hall–Kier alpha value is -3.20. The van der Waals surface area contributed by atoms with Gasteiger partial charge in [0.1, 0.15) is 0 Å². The zero-order valence-corrected chi connectivity index (χ0v) is 18.2. The van der Waals surface area contributed by atoms with Gasteiger partial charge in [0.25, 0.3) is 0 Å². The van der Waals surface area contributed by atoms with Gasteiger partial charge >= 0.3 is 6.03 Å². The number of hydrogen-bond donors (Lipinski definition) is 2. The number of hydrogen-bond acceptors (Lipinski definition) is 6. The summed E-state index contributed by atoms with van der Waals surface area (Å²) in [4.78, 5) is 28.3. The molecule has 2 aromatic heterocycles. The molecular weight excluding hydrogens is 400 g/mol. The fourth-order valence-electron chi connectivity index (χ4n) is 2.74. The molecule has 0 saturated heterocycles. The number of aryl methyl sites for hydroxylation is 1. The number of thioether (sulfide) groups is 1. The Morgan fingerprint density at radius 2 is 1.87 bits per heavy atom. The summed E-state index contributed by atoms with van der Waals surface area (Å²) in [5.74, 6) is 0.240. The molecule has 0 saturated carbocycles. The fraction of sp³-hybridized carbons (Fsp3) is 0.286. The molecular formula is C21H24N6O2S. The number of benzene rings is 1. The Labute approximate surface area is 179 Å². The molecule has 0 fully saturated rings. The summed E-state index contributed by atoms with van der Waals surface area (Å²) in [6, 6.07) is 11.1. The first-order valence-electron chi connectivity index (χ1n) is 9.41. The van der Waals surface area contributed by atoms with Crippen molar-refractivity contribution in [2.24, 2.45) is 0 Å². The van der Waals surface area contributed by atoms with E-state index in [0.29, 0.717) is 11.0 Å². The molecule has 1 aromatic carbocycles. The lowest BCUT2D eigenvalue weighted by Crippen LogP contribution is -2.48. The number of pyridine rings is 1. The van der Waals surface area contributed by atoms with E-state index in [9.17, 15) is 9.59 Å². The Bertz CT molecular complexity index is 1040. The zero-order chi connectivity index (χ0) is 21.7. The predicted molar refractivity (Wildman–Crippen MR) is 116 cm³/mol. The summed E-state index contributed by atoms with van der Waals surface area (Å²) in [6.45, 7) is 7.53. The van der Waals surface area contributed by atoms with Gasteiger partial charge in [-0.05, 0) is 51.5 Å². The Morgan fingerprint density at radius 3 is 2.53 bits per heavy atom. The molecule has 9 heteroatoms. The normalized spacial score (nSPS) is 11.2. The van der Waals surface area contributed by atoms with E-state index in [1.165, 1.54) is 11.8 Å². The van der Waals surface area contributed by atoms with Crippen LogP contribution in [0.1, 0.15) is 26.3 Å². The first-order valence-corrected chi connectivity index (χ1v) is 10.4. The van der Waals surface area contributed by atoms with Crippen LogP contribution in [0, 0.1) is 6.92 Å². The van der Waals surface area contributed by atoms with Gasteiger partial charge in [-0.1, -0.05) is 30.0 Å². The number of urea groups is 1. The second-order valence-corrected chi connectivity index (χ2v) is 8.65. The number of aromatic nitrogens is 4. The smallest absolute Gasteiger partial charge is 0.321 e. The third-order valence-electron chi connectivity index (χ3n) is 3.98. The summed E-state index contributed by atoms with van der Waals surface area (Å²) in [7, 11) is 0. The second kappa shape index (κ2) is 9.08. The maximum atomic E-state index is 12.2. The molecule has 156 valence electrons. The van der Waals surface area contributed by atoms with Crippen molar-refractivity contribution < 1.29 is 9.59 Å². The predicted octanol–water partition coefficient (Wildman–Crippen LogP) is 3.35. The Kier molecular flexibility index (Phi) is 6.51. The van der Waals surface area contributed by atoms with E-state index in [1.54, 1.807) is 12.4 Å². The summed E-state index contributed by atoms with van der Waals surface area (Å²) in [5.41, 5.74) is 2.34. The summed E-state index contributed by atoms with van der Waals surface area (Å²) in [6.07, 6.45) is 3.41. The van der Waals surface area contributed by atoms with Crippen LogP contribution >= 0.6 is 11.8 Å². The monoisotopic (exact) mass is 424 g/mol. The van der Waals surface area contributed by atoms with Crippen molar-refractivity contribution in [1.82, 2.24) is 30.4 Å². The van der Waals surface area contributed by atoms with Crippen molar-refractivity contribution in [3.8, 4) is 17.1 Å². The van der Waals surface area contributed by atoms with E-state index >= 15 is 0 Å². The number of nitrogens with zero attached hydrogens (tertiary/aromatic N) is 4. The SMILES string of the molecule is Cc1ccccc1-n1c(SCC(=O)NC(=O)NC(C)(C)C)nnc1-c1cccnc1. The number of rotatable bonds is 5. The number of imide groups is 1. The molecule has 3 rings (SSSR count). The standard InChI is InChI=1S/C21H24N6O2S/c1-14-8-5-6-10-16(14)27-18(15-9-7-11-22-12-15)25-26-20(27)30-13-17(28)23-19(29)24-21(2,3)4/h5-12H,13H2,1-4H3,(H2,23,24,28,29). The average molecular weight is 425 g/mol. The lowest BCUT2D eigenvalue weighted by atomic mass is 10.1. The molecule has 30 heavy (non-hydrogen) atoms. The molecule has 2 heterocycles. The Balaban J connectivity index is 1.84. The van der Waals surface area contributed by atoms with Gasteiger partial charge in [0.2, 0.25) is 5.91 Å². The molecule has 0 spiro atoms. The van der Waals surface area contributed by atoms with Crippen LogP contribution in [0.4, 0.5) is 4.79 Å². The minimum absolute atomic E-state index is 0.0224. The lowest BCUT2D eigenvalue weighted by Gasteiger charge is -2.20. The van der Waals surface area contributed by atoms with Crippen LogP contribution in [0.3, 0.4) is 0 Å². The molecule has 3 aromatic rings. The van der Waals surface area contributed by atoms with E-state index in [2.05, 4.69) is 25.8 Å². The van der Waals surface area contributed by atoms with Crippen LogP contribution in [-0.2, 0) is 4.79 Å². The van der Waals surface area contributed by atoms with Crippen molar-refractivity contribution >= 4 is 23.7 Å². The van der Waals surface area contributed by atoms with Crippen LogP contribution in [0.15, 0.2) is 53.9 Å². The highest BCUT2D eigenvalue weighted by molar-refractivity contribution is 7.99. The summed E-state index contributed by atoms with van der Waals surface area (Å²) >= 11 is 1.21. The highest BCUT2D eigenvalue weighted by Crippen LogP contribution is 2.28. The van der Waals surface area contributed by atoms with E-state index in [4.69, 9.17) is 0 Å². The maximum Gasteiger partial charge on any atom is 0.321 e. The maximum absolute atomic E-state index is 12.2. The molecule has 0 unspecified atom stereocenters. The highest BCUT2D eigenvalue weighted by Gasteiger charge is 2.20. The van der Waals surface area contributed by atoms with Crippen LogP contribution in [0.5, 0.6) is 0 Å². The van der Waals surface area contributed by atoms with Crippen LogP contribution in [0.2, 0.25) is 0 Å². The number of amides is 3. The third-order valence-corrected chi connectivity index (χ3v) is 4.91. The van der Waals surface area contributed by atoms with Gasteiger partial charge in [-0.2, -0.15) is 0 Å². The van der Waals surface area contributed by atoms with Crippen LogP contribution in [0.25, 0.3) is 17.1 Å². The molecule has 2 N–H and O–H groups in total. The van der Waals surface area contributed by atoms with E-state index in [0.717, 1.165) is 16.8 Å². The minimum Gasteiger partial charge on any atom is -0.333 e. The van der Waals surface area contributed by atoms with E-state index in [-0.39, 0.29) is 5.75 Å². The van der Waals surface area contributed by atoms with Crippen molar-refractivity contribution in [2.75, 3.05) is 5.75 Å². The van der Waals surface area contributed by atoms with Crippen LogP contribution in [-0.4, -0.2) is 43.0 Å². The number of carbonyl (C=O) groups is 2. The Morgan fingerprint density at radius 1 is 1.10 bits per heavy atom. The quantitative estimate of drug-likeness (QED) is 0.609. The molecule has 8 nitrogen and oxygen atoms in total. The van der Waals surface area contributed by atoms with Gasteiger partial charge in [-0.15, -0.1) is 10.2 Å². The van der Waals surface area contributed by atoms with Gasteiger partial charge < -0.3 is 5.32 Å². The van der Waals surface area contributed by atoms with Crippen molar-refractivity contribution in [2.45, 2.75) is 38.4 Å². The summed E-state index contributed by atoms with van der Waals surface area (Å²) < 4.78 is 1.90. The second-order valence-electron chi connectivity index (χ2n) is 7.71. The van der Waals surface area contributed by atoms with Crippen LogP contribution < -0.4 is 10.6 Å². The molecule has 0 aliphatic heterocycles. The molecule has 0 radical (unpaired) electrons. The van der Waals surface area contributed by atoms with Gasteiger partial charge in [0.15, 0.2) is 11.0 Å². The van der Waals surface area contributed by atoms with Gasteiger partial charge in [-0.25, -0.2) is 4.79 Å². The topological polar surface area (TPSA) is 102 Å². The van der Waals surface area contributed by atoms with E-state index < -0.39 is 17.5 Å². The van der Waals surface area contributed by atoms with Crippen molar-refractivity contribution in [3.05, 3.63) is 54.4 Å².